The van der Waals surface area contributed by atoms with Gasteiger partial charge in [-0.3, -0.25) is 9.59 Å². The number of anilines is 1. The highest BCUT2D eigenvalue weighted by Gasteiger charge is 2.30. The summed E-state index contributed by atoms with van der Waals surface area (Å²) >= 11 is 1.33. The number of benzene rings is 1. The molecule has 1 heterocycles. The van der Waals surface area contributed by atoms with Crippen LogP contribution >= 0.6 is 11.8 Å². The van der Waals surface area contributed by atoms with Crippen LogP contribution in [0.5, 0.6) is 0 Å². The summed E-state index contributed by atoms with van der Waals surface area (Å²) in [4.78, 5) is 23.4. The molecule has 1 aliphatic rings. The first kappa shape index (κ1) is 19.4. The van der Waals surface area contributed by atoms with Gasteiger partial charge < -0.3 is 15.6 Å². The Bertz CT molecular complexity index is 812. The van der Waals surface area contributed by atoms with E-state index in [1.54, 1.807) is 0 Å². The smallest absolute Gasteiger partial charge is 0.234 e. The van der Waals surface area contributed by atoms with Crippen molar-refractivity contribution in [3.8, 4) is 0 Å². The van der Waals surface area contributed by atoms with E-state index in [2.05, 4.69) is 29.4 Å². The molecule has 27 heavy (non-hydrogen) atoms. The summed E-state index contributed by atoms with van der Waals surface area (Å²) in [6, 6.07) is 7.88. The normalized spacial score (nSPS) is 13.7. The minimum absolute atomic E-state index is 0.102. The summed E-state index contributed by atoms with van der Waals surface area (Å²) in [5, 5.41) is 12.0. The second-order valence-corrected chi connectivity index (χ2v) is 8.04. The van der Waals surface area contributed by atoms with Gasteiger partial charge in [0, 0.05) is 24.6 Å². The quantitative estimate of drug-likeness (QED) is 0.644. The maximum atomic E-state index is 12.3. The lowest BCUT2D eigenvalue weighted by Gasteiger charge is -2.10. The lowest BCUT2D eigenvalue weighted by molar-refractivity contribution is -0.118. The molecule has 0 bridgehead atoms. The first-order valence-corrected chi connectivity index (χ1v) is 10.2. The van der Waals surface area contributed by atoms with E-state index >= 15 is 0 Å². The molecule has 1 aromatic carbocycles. The third kappa shape index (κ3) is 5.32. The van der Waals surface area contributed by atoms with E-state index in [1.165, 1.54) is 17.3 Å². The highest BCUT2D eigenvalue weighted by molar-refractivity contribution is 7.99. The molecular weight excluding hydrogens is 362 g/mol. The van der Waals surface area contributed by atoms with Crippen LogP contribution in [0.1, 0.15) is 56.3 Å². The Labute approximate surface area is 163 Å². The van der Waals surface area contributed by atoms with Gasteiger partial charge in [-0.1, -0.05) is 37.7 Å². The molecule has 7 nitrogen and oxygen atoms in total. The SMILES string of the molecule is CC(C)c1ccc(NC(=O)CSc2nnc(C3CC3)n2CCC(N)=O)cc1. The monoisotopic (exact) mass is 387 g/mol. The molecule has 0 aliphatic heterocycles. The van der Waals surface area contributed by atoms with Gasteiger partial charge >= 0.3 is 0 Å². The van der Waals surface area contributed by atoms with Crippen LogP contribution in [0.2, 0.25) is 0 Å². The van der Waals surface area contributed by atoms with Crippen molar-refractivity contribution in [2.45, 2.75) is 56.6 Å². The zero-order valence-electron chi connectivity index (χ0n) is 15.6. The summed E-state index contributed by atoms with van der Waals surface area (Å²) < 4.78 is 1.93. The molecular formula is C19H25N5O2S. The van der Waals surface area contributed by atoms with Gasteiger partial charge in [-0.15, -0.1) is 10.2 Å². The highest BCUT2D eigenvalue weighted by Crippen LogP contribution is 2.40. The second kappa shape index (κ2) is 8.56. The summed E-state index contributed by atoms with van der Waals surface area (Å²) in [6.45, 7) is 4.72. The van der Waals surface area contributed by atoms with Gasteiger partial charge in [0.2, 0.25) is 11.8 Å². The molecule has 3 rings (SSSR count). The van der Waals surface area contributed by atoms with Crippen LogP contribution in [0.25, 0.3) is 0 Å². The number of aromatic nitrogens is 3. The van der Waals surface area contributed by atoms with E-state index in [1.807, 2.05) is 28.8 Å². The number of rotatable bonds is 9. The van der Waals surface area contributed by atoms with Crippen molar-refractivity contribution in [3.63, 3.8) is 0 Å². The number of hydrogen-bond donors (Lipinski definition) is 2. The lowest BCUT2D eigenvalue weighted by Crippen LogP contribution is -2.17. The van der Waals surface area contributed by atoms with Crippen LogP contribution in [0.4, 0.5) is 5.69 Å². The molecule has 0 radical (unpaired) electrons. The zero-order chi connectivity index (χ0) is 19.4. The topological polar surface area (TPSA) is 103 Å². The third-order valence-electron chi connectivity index (χ3n) is 4.46. The van der Waals surface area contributed by atoms with Gasteiger partial charge in [0.05, 0.1) is 5.75 Å². The van der Waals surface area contributed by atoms with Crippen LogP contribution in [0.3, 0.4) is 0 Å². The standard InChI is InChI=1S/C19H25N5O2S/c1-12(2)13-5-7-15(8-6-13)21-17(26)11-27-19-23-22-18(14-3-4-14)24(19)10-9-16(20)25/h5-8,12,14H,3-4,9-11H2,1-2H3,(H2,20,25)(H,21,26). The first-order chi connectivity index (χ1) is 12.9. The maximum absolute atomic E-state index is 12.3. The Morgan fingerprint density at radius 3 is 2.56 bits per heavy atom. The second-order valence-electron chi connectivity index (χ2n) is 7.10. The number of nitrogens with two attached hydrogens (primary N) is 1. The molecule has 0 spiro atoms. The fourth-order valence-corrected chi connectivity index (χ4v) is 3.53. The lowest BCUT2D eigenvalue weighted by atomic mass is 10.0. The first-order valence-electron chi connectivity index (χ1n) is 9.18. The zero-order valence-corrected chi connectivity index (χ0v) is 16.5. The molecule has 0 atom stereocenters. The van der Waals surface area contributed by atoms with Gasteiger partial charge in [0.1, 0.15) is 5.82 Å². The van der Waals surface area contributed by atoms with Gasteiger partial charge in [0.25, 0.3) is 0 Å². The van der Waals surface area contributed by atoms with Crippen LogP contribution in [0, 0.1) is 0 Å². The van der Waals surface area contributed by atoms with Crippen molar-refractivity contribution in [2.24, 2.45) is 5.73 Å². The summed E-state index contributed by atoms with van der Waals surface area (Å²) in [5.74, 6) is 1.53. The van der Waals surface area contributed by atoms with Gasteiger partial charge in [-0.25, -0.2) is 0 Å². The van der Waals surface area contributed by atoms with E-state index < -0.39 is 0 Å². The molecule has 0 unspecified atom stereocenters. The number of nitrogens with zero attached hydrogens (tertiary/aromatic N) is 3. The molecule has 2 aromatic rings. The van der Waals surface area contributed by atoms with E-state index in [0.29, 0.717) is 23.5 Å². The Kier molecular flexibility index (Phi) is 6.15. The van der Waals surface area contributed by atoms with Crippen LogP contribution in [-0.2, 0) is 16.1 Å². The minimum Gasteiger partial charge on any atom is -0.370 e. The van der Waals surface area contributed by atoms with E-state index in [0.717, 1.165) is 24.4 Å². The minimum atomic E-state index is -0.357. The number of thioether (sulfide) groups is 1. The molecule has 1 aliphatic carbocycles. The molecule has 1 fully saturated rings. The Morgan fingerprint density at radius 1 is 1.26 bits per heavy atom. The largest absolute Gasteiger partial charge is 0.370 e. The Balaban J connectivity index is 1.58. The molecule has 8 heteroatoms. The van der Waals surface area contributed by atoms with E-state index in [-0.39, 0.29) is 24.0 Å². The number of carbonyl (C=O) groups is 2. The number of amides is 2. The molecule has 144 valence electrons. The summed E-state index contributed by atoms with van der Waals surface area (Å²) in [6.07, 6.45) is 2.41. The van der Waals surface area contributed by atoms with Crippen LogP contribution in [-0.4, -0.2) is 32.3 Å². The fraction of sp³-hybridized carbons (Fsp3) is 0.474. The van der Waals surface area contributed by atoms with Crippen molar-refractivity contribution in [2.75, 3.05) is 11.1 Å². The third-order valence-corrected chi connectivity index (χ3v) is 5.43. The van der Waals surface area contributed by atoms with Crippen molar-refractivity contribution >= 4 is 29.3 Å². The predicted octanol–water partition coefficient (Wildman–Crippen LogP) is 2.89. The molecule has 0 saturated heterocycles. The van der Waals surface area contributed by atoms with E-state index in [9.17, 15) is 9.59 Å². The summed E-state index contributed by atoms with van der Waals surface area (Å²) in [7, 11) is 0. The number of nitrogens with one attached hydrogen (secondary N) is 1. The molecule has 2 amide bonds. The maximum Gasteiger partial charge on any atom is 0.234 e. The Morgan fingerprint density at radius 2 is 1.96 bits per heavy atom. The van der Waals surface area contributed by atoms with Gasteiger partial charge in [0.15, 0.2) is 5.16 Å². The average molecular weight is 388 g/mol. The number of hydrogen-bond acceptors (Lipinski definition) is 5. The highest BCUT2D eigenvalue weighted by atomic mass is 32.2. The number of carbonyl (C=O) groups excluding carboxylic acids is 2. The van der Waals surface area contributed by atoms with Gasteiger partial charge in [-0.2, -0.15) is 0 Å². The van der Waals surface area contributed by atoms with Crippen molar-refractivity contribution < 1.29 is 9.59 Å². The van der Waals surface area contributed by atoms with Crippen molar-refractivity contribution in [3.05, 3.63) is 35.7 Å². The van der Waals surface area contributed by atoms with Crippen molar-refractivity contribution in [1.29, 1.82) is 0 Å². The van der Waals surface area contributed by atoms with Crippen LogP contribution in [0.15, 0.2) is 29.4 Å². The number of primary amides is 1. The van der Waals surface area contributed by atoms with Crippen LogP contribution < -0.4 is 11.1 Å². The molecule has 3 N–H and O–H groups in total. The molecule has 1 aromatic heterocycles. The van der Waals surface area contributed by atoms with Crippen molar-refractivity contribution in [1.82, 2.24) is 14.8 Å². The predicted molar refractivity (Wildman–Crippen MR) is 106 cm³/mol. The van der Waals surface area contributed by atoms with E-state index in [4.69, 9.17) is 5.73 Å². The fourth-order valence-electron chi connectivity index (χ4n) is 2.76. The average Bonchev–Trinajstić information content (AvgIpc) is 3.39. The molecule has 1 saturated carbocycles. The summed E-state index contributed by atoms with van der Waals surface area (Å²) in [5.41, 5.74) is 7.28. The Hall–Kier alpha value is -2.35. The van der Waals surface area contributed by atoms with Gasteiger partial charge in [-0.05, 0) is 36.5 Å².